The number of anilines is 3. The van der Waals surface area contributed by atoms with Gasteiger partial charge >= 0.3 is 0 Å². The van der Waals surface area contributed by atoms with Gasteiger partial charge in [-0.25, -0.2) is 8.51 Å². The van der Waals surface area contributed by atoms with Crippen molar-refractivity contribution in [2.45, 2.75) is 12.8 Å². The minimum absolute atomic E-state index is 0.800. The lowest BCUT2D eigenvalue weighted by atomic mass is 10.2. The van der Waals surface area contributed by atoms with Crippen LogP contribution in [-0.4, -0.2) is 24.3 Å². The van der Waals surface area contributed by atoms with Gasteiger partial charge in [-0.3, -0.25) is 4.31 Å². The molecule has 1 aliphatic rings. The number of hydrogen-bond donors (Lipinski definition) is 1. The number of benzene rings is 2. The van der Waals surface area contributed by atoms with Gasteiger partial charge in [0, 0.05) is 6.54 Å². The van der Waals surface area contributed by atoms with Crippen LogP contribution in [0.5, 0.6) is 0 Å². The number of hydrogen-bond acceptors (Lipinski definition) is 2. The molecule has 5 heteroatoms. The summed E-state index contributed by atoms with van der Waals surface area (Å²) in [7, 11) is 1.96. The minimum Gasteiger partial charge on any atom is -0.320 e. The molecule has 0 saturated heterocycles. The molecule has 1 unspecified atom stereocenters. The molecule has 1 N–H and O–H groups in total. The summed E-state index contributed by atoms with van der Waals surface area (Å²) in [6.45, 7) is 1.79. The number of fused-ring (bicyclic) bond motifs is 1. The molecule has 2 aromatic carbocycles. The van der Waals surface area contributed by atoms with Gasteiger partial charge in [0.05, 0.1) is 17.1 Å². The number of rotatable bonds is 6. The van der Waals surface area contributed by atoms with Crippen LogP contribution in [0.4, 0.5) is 17.1 Å². The highest BCUT2D eigenvalue weighted by molar-refractivity contribution is 7.88. The predicted octanol–water partition coefficient (Wildman–Crippen LogP) is 3.22. The van der Waals surface area contributed by atoms with Crippen LogP contribution < -0.4 is 13.9 Å². The average Bonchev–Trinajstić information content (AvgIpc) is 2.84. The maximum absolute atomic E-state index is 13.0. The predicted molar refractivity (Wildman–Crippen MR) is 93.7 cm³/mol. The topological polar surface area (TPSA) is 35.6 Å². The SMILES string of the molecule is CNCCCCN1c2ccccc2N(c2ccccc2)S1=O. The Bertz CT molecular complexity index is 647. The van der Waals surface area contributed by atoms with E-state index in [-0.39, 0.29) is 0 Å². The van der Waals surface area contributed by atoms with Gasteiger partial charge in [0.1, 0.15) is 0 Å². The van der Waals surface area contributed by atoms with Gasteiger partial charge in [-0.1, -0.05) is 30.3 Å². The summed E-state index contributed by atoms with van der Waals surface area (Å²) in [6, 6.07) is 18.0. The molecule has 1 atom stereocenters. The van der Waals surface area contributed by atoms with E-state index in [4.69, 9.17) is 0 Å². The Kier molecular flexibility index (Phi) is 4.75. The highest BCUT2D eigenvalue weighted by Gasteiger charge is 2.33. The van der Waals surface area contributed by atoms with Crippen LogP contribution in [0.2, 0.25) is 0 Å². The molecule has 0 spiro atoms. The van der Waals surface area contributed by atoms with Gasteiger partial charge in [-0.15, -0.1) is 0 Å². The summed E-state index contributed by atoms with van der Waals surface area (Å²) < 4.78 is 16.9. The fraction of sp³-hybridized carbons (Fsp3) is 0.294. The number of para-hydroxylation sites is 3. The first-order chi connectivity index (χ1) is 10.8. The maximum atomic E-state index is 13.0. The molecule has 116 valence electrons. The third-order valence-corrected chi connectivity index (χ3v) is 5.22. The molecule has 1 aliphatic heterocycles. The van der Waals surface area contributed by atoms with Gasteiger partial charge < -0.3 is 5.32 Å². The minimum atomic E-state index is -1.21. The van der Waals surface area contributed by atoms with Gasteiger partial charge in [0.2, 0.25) is 11.2 Å². The van der Waals surface area contributed by atoms with Gasteiger partial charge in [0.25, 0.3) is 0 Å². The Balaban J connectivity index is 1.86. The van der Waals surface area contributed by atoms with Gasteiger partial charge in [-0.2, -0.15) is 0 Å². The molecule has 0 aliphatic carbocycles. The number of nitrogens with one attached hydrogen (secondary N) is 1. The molecule has 0 amide bonds. The van der Waals surface area contributed by atoms with Crippen LogP contribution in [-0.2, 0) is 11.2 Å². The normalized spacial score (nSPS) is 16.9. The molecule has 22 heavy (non-hydrogen) atoms. The molecular formula is C17H21N3OS. The van der Waals surface area contributed by atoms with E-state index >= 15 is 0 Å². The Morgan fingerprint density at radius 1 is 0.955 bits per heavy atom. The summed E-state index contributed by atoms with van der Waals surface area (Å²) in [5.74, 6) is 0. The van der Waals surface area contributed by atoms with E-state index in [2.05, 4.69) is 5.32 Å². The third kappa shape index (κ3) is 2.87. The van der Waals surface area contributed by atoms with E-state index in [1.54, 1.807) is 0 Å². The zero-order valence-corrected chi connectivity index (χ0v) is 13.6. The fourth-order valence-electron chi connectivity index (χ4n) is 2.66. The summed E-state index contributed by atoms with van der Waals surface area (Å²) in [4.78, 5) is 0. The van der Waals surface area contributed by atoms with Crippen molar-refractivity contribution in [2.75, 3.05) is 28.7 Å². The first kappa shape index (κ1) is 15.1. The zero-order valence-electron chi connectivity index (χ0n) is 12.7. The van der Waals surface area contributed by atoms with Crippen molar-refractivity contribution >= 4 is 28.2 Å². The van der Waals surface area contributed by atoms with Crippen molar-refractivity contribution in [3.05, 3.63) is 54.6 Å². The van der Waals surface area contributed by atoms with E-state index in [1.807, 2.05) is 70.3 Å². The van der Waals surface area contributed by atoms with E-state index < -0.39 is 11.2 Å². The monoisotopic (exact) mass is 315 g/mol. The van der Waals surface area contributed by atoms with Crippen molar-refractivity contribution in [1.82, 2.24) is 5.32 Å². The van der Waals surface area contributed by atoms with Crippen molar-refractivity contribution in [1.29, 1.82) is 0 Å². The van der Waals surface area contributed by atoms with Crippen molar-refractivity contribution in [3.8, 4) is 0 Å². The molecule has 0 bridgehead atoms. The molecular weight excluding hydrogens is 294 g/mol. The highest BCUT2D eigenvalue weighted by Crippen LogP contribution is 2.43. The second kappa shape index (κ2) is 6.94. The summed E-state index contributed by atoms with van der Waals surface area (Å²) in [5.41, 5.74) is 3.03. The van der Waals surface area contributed by atoms with Crippen molar-refractivity contribution < 1.29 is 4.21 Å². The number of unbranched alkanes of at least 4 members (excludes halogenated alkanes) is 1. The van der Waals surface area contributed by atoms with Crippen LogP contribution in [0, 0.1) is 0 Å². The first-order valence-electron chi connectivity index (χ1n) is 7.61. The van der Waals surface area contributed by atoms with Crippen LogP contribution >= 0.6 is 0 Å². The van der Waals surface area contributed by atoms with Crippen LogP contribution in [0.1, 0.15) is 12.8 Å². The molecule has 4 nitrogen and oxygen atoms in total. The van der Waals surface area contributed by atoms with Crippen molar-refractivity contribution in [3.63, 3.8) is 0 Å². The second-order valence-electron chi connectivity index (χ2n) is 5.26. The molecule has 0 aromatic heterocycles. The van der Waals surface area contributed by atoms with Gasteiger partial charge in [0.15, 0.2) is 0 Å². The molecule has 1 heterocycles. The quantitative estimate of drug-likeness (QED) is 0.831. The molecule has 0 radical (unpaired) electrons. The van der Waals surface area contributed by atoms with E-state index in [9.17, 15) is 4.21 Å². The smallest absolute Gasteiger partial charge is 0.230 e. The second-order valence-corrected chi connectivity index (χ2v) is 6.53. The van der Waals surface area contributed by atoms with E-state index in [1.165, 1.54) is 0 Å². The first-order valence-corrected chi connectivity index (χ1v) is 8.67. The van der Waals surface area contributed by atoms with E-state index in [0.717, 1.165) is 43.0 Å². The maximum Gasteiger partial charge on any atom is 0.230 e. The van der Waals surface area contributed by atoms with Crippen LogP contribution in [0.3, 0.4) is 0 Å². The van der Waals surface area contributed by atoms with Crippen LogP contribution in [0.25, 0.3) is 0 Å². The van der Waals surface area contributed by atoms with Crippen molar-refractivity contribution in [2.24, 2.45) is 0 Å². The fourth-order valence-corrected chi connectivity index (χ4v) is 4.09. The molecule has 2 aromatic rings. The summed E-state index contributed by atoms with van der Waals surface area (Å²) in [6.07, 6.45) is 2.10. The molecule has 0 fully saturated rings. The third-order valence-electron chi connectivity index (χ3n) is 3.74. The Hall–Kier alpha value is -1.85. The van der Waals surface area contributed by atoms with Crippen LogP contribution in [0.15, 0.2) is 54.6 Å². The largest absolute Gasteiger partial charge is 0.320 e. The Morgan fingerprint density at radius 2 is 1.64 bits per heavy atom. The summed E-state index contributed by atoms with van der Waals surface area (Å²) >= 11 is -1.21. The average molecular weight is 315 g/mol. The lowest BCUT2D eigenvalue weighted by Crippen LogP contribution is -2.30. The Labute approximate surface area is 134 Å². The molecule has 3 rings (SSSR count). The highest BCUT2D eigenvalue weighted by atomic mass is 32.2. The Morgan fingerprint density at radius 3 is 2.36 bits per heavy atom. The zero-order chi connectivity index (χ0) is 15.4. The lowest BCUT2D eigenvalue weighted by Gasteiger charge is -2.20. The van der Waals surface area contributed by atoms with Gasteiger partial charge in [-0.05, 0) is 50.7 Å². The lowest BCUT2D eigenvalue weighted by molar-refractivity contribution is 0.665. The molecule has 0 saturated carbocycles. The van der Waals surface area contributed by atoms with E-state index in [0.29, 0.717) is 0 Å². The summed E-state index contributed by atoms with van der Waals surface area (Å²) in [5, 5.41) is 3.15. The standard InChI is InChI=1S/C17H21N3OS/c1-18-13-7-8-14-19-16-11-5-6-12-17(16)20(22(19)21)15-9-3-2-4-10-15/h2-6,9-12,18H,7-8,13-14H2,1H3. The number of nitrogens with zero attached hydrogens (tertiary/aromatic N) is 2.